The molecular formula is C33H60AlO8+3. The van der Waals surface area contributed by atoms with Crippen molar-refractivity contribution in [1.82, 2.24) is 0 Å². The van der Waals surface area contributed by atoms with E-state index >= 15 is 0 Å². The van der Waals surface area contributed by atoms with Crippen LogP contribution < -0.4 is 0 Å². The fourth-order valence-electron chi connectivity index (χ4n) is 4.18. The van der Waals surface area contributed by atoms with Crippen molar-refractivity contribution in [2.24, 2.45) is 0 Å². The fraction of sp³-hybridized carbons (Fsp3) is 0.727. The molecule has 0 heterocycles. The number of ketones is 1. The molecule has 0 aliphatic heterocycles. The quantitative estimate of drug-likeness (QED) is 0.0231. The molecule has 0 aromatic carbocycles. The molecule has 9 heteroatoms. The molecule has 42 heavy (non-hydrogen) atoms. The molecule has 0 atom stereocenters. The highest BCUT2D eigenvalue weighted by atomic mass is 27.3. The van der Waals surface area contributed by atoms with E-state index in [1.165, 1.54) is 102 Å². The van der Waals surface area contributed by atoms with Gasteiger partial charge in [-0.05, 0) is 33.6 Å². The molecule has 0 aliphatic rings. The van der Waals surface area contributed by atoms with Gasteiger partial charge in [0.15, 0.2) is 13.2 Å². The lowest BCUT2D eigenvalue weighted by Crippen LogP contribution is -2.26. The molecule has 0 aromatic heterocycles. The second-order valence-electron chi connectivity index (χ2n) is 10.9. The number of allylic oxidation sites excluding steroid dienone is 4. The summed E-state index contributed by atoms with van der Waals surface area (Å²) < 4.78 is 28.4. The summed E-state index contributed by atoms with van der Waals surface area (Å²) in [7, 11) is 0. The second-order valence-corrected chi connectivity index (χ2v) is 12.2. The first-order valence-electron chi connectivity index (χ1n) is 16.1. The number of ether oxygens (including phenoxy) is 2. The van der Waals surface area contributed by atoms with Crippen molar-refractivity contribution in [2.45, 2.75) is 144 Å². The Morgan fingerprint density at radius 2 is 0.786 bits per heavy atom. The Labute approximate surface area is 260 Å². The van der Waals surface area contributed by atoms with Gasteiger partial charge in [-0.1, -0.05) is 90.9 Å². The van der Waals surface area contributed by atoms with Gasteiger partial charge in [-0.3, -0.25) is 4.79 Å². The van der Waals surface area contributed by atoms with Crippen molar-refractivity contribution >= 4 is 32.9 Å². The van der Waals surface area contributed by atoms with E-state index in [9.17, 15) is 14.4 Å². The Morgan fingerprint density at radius 3 is 1.12 bits per heavy atom. The van der Waals surface area contributed by atoms with Crippen LogP contribution in [-0.2, 0) is 20.8 Å². The summed E-state index contributed by atoms with van der Waals surface area (Å²) in [5.74, 6) is 0.727. The maximum Gasteiger partial charge on any atom is 1.20 e. The highest BCUT2D eigenvalue weighted by molar-refractivity contribution is 6.37. The first kappa shape index (κ1) is 39.8. The lowest BCUT2D eigenvalue weighted by atomic mass is 10.1. The Hall–Kier alpha value is -2.24. The summed E-state index contributed by atoms with van der Waals surface area (Å²) in [4.78, 5) is 29.9. The fourth-order valence-corrected chi connectivity index (χ4v) is 5.44. The summed E-state index contributed by atoms with van der Waals surface area (Å²) in [5.41, 5.74) is 0. The van der Waals surface area contributed by atoms with Crippen LogP contribution in [0.4, 0.5) is 0 Å². The third-order valence-electron chi connectivity index (χ3n) is 6.41. The van der Waals surface area contributed by atoms with Crippen LogP contribution in [0, 0.1) is 0 Å². The van der Waals surface area contributed by atoms with Crippen molar-refractivity contribution in [2.75, 3.05) is 13.2 Å². The predicted molar refractivity (Wildman–Crippen MR) is 174 cm³/mol. The summed E-state index contributed by atoms with van der Waals surface area (Å²) in [6.07, 6.45) is 23.2. The second kappa shape index (κ2) is 27.6. The zero-order valence-corrected chi connectivity index (χ0v) is 28.6. The number of carbonyl (C=O) groups excluding carboxylic acids is 3. The van der Waals surface area contributed by atoms with E-state index in [2.05, 4.69) is 13.8 Å². The van der Waals surface area contributed by atoms with Crippen molar-refractivity contribution in [1.29, 1.82) is 0 Å². The smallest absolute Gasteiger partial charge is 0.580 e. The van der Waals surface area contributed by atoms with Gasteiger partial charge in [0.25, 0.3) is 0 Å². The van der Waals surface area contributed by atoms with Crippen LogP contribution in [0.1, 0.15) is 144 Å². The molecule has 8 nitrogen and oxygen atoms in total. The molecule has 0 rings (SSSR count). The zero-order chi connectivity index (χ0) is 31.4. The Balaban J connectivity index is 4.68. The third kappa shape index (κ3) is 26.6. The molecule has 0 spiro atoms. The highest BCUT2D eigenvalue weighted by Gasteiger charge is 2.45. The zero-order valence-electron chi connectivity index (χ0n) is 27.4. The van der Waals surface area contributed by atoms with Gasteiger partial charge in [-0.2, -0.15) is 0 Å². The number of rotatable bonds is 27. The van der Waals surface area contributed by atoms with E-state index in [1.54, 1.807) is 20.8 Å². The minimum atomic E-state index is -2.88. The lowest BCUT2D eigenvalue weighted by molar-refractivity contribution is 0.182. The van der Waals surface area contributed by atoms with Crippen molar-refractivity contribution in [3.8, 4) is 0 Å². The summed E-state index contributed by atoms with van der Waals surface area (Å²) in [5, 5.41) is 0. The third-order valence-corrected chi connectivity index (χ3v) is 8.10. The van der Waals surface area contributed by atoms with Gasteiger partial charge in [-0.25, -0.2) is 0 Å². The van der Waals surface area contributed by atoms with Crippen molar-refractivity contribution < 1.29 is 35.2 Å². The van der Waals surface area contributed by atoms with E-state index in [-0.39, 0.29) is 17.7 Å². The minimum Gasteiger partial charge on any atom is -0.580 e. The number of hydrogen-bond donors (Lipinski definition) is 0. The molecule has 0 aliphatic carbocycles. The first-order chi connectivity index (χ1) is 20.2. The topological polar surface area (TPSA) is 110 Å². The summed E-state index contributed by atoms with van der Waals surface area (Å²) in [6, 6.07) is 0. The summed E-state index contributed by atoms with van der Waals surface area (Å²) in [6.45, 7) is 11.9. The Kier molecular flexibility index (Phi) is 26.1. The van der Waals surface area contributed by atoms with Crippen LogP contribution >= 0.6 is 0 Å². The SMILES string of the molecule is CCCCCCCCCCOC(=[OH+])C=C(C)[O][Al]([O]C(C)=CC(C)=[OH+])[O]C(C)=CC(=[OH+])OCCCCCCCCCC. The van der Waals surface area contributed by atoms with Crippen molar-refractivity contribution in [3.05, 3.63) is 35.5 Å². The van der Waals surface area contributed by atoms with Crippen LogP contribution in [-0.4, -0.2) is 60.5 Å². The highest BCUT2D eigenvalue weighted by Crippen LogP contribution is 2.13. The number of esters is 2. The van der Waals surface area contributed by atoms with Gasteiger partial charge in [-0.15, -0.1) is 0 Å². The predicted octanol–water partition coefficient (Wildman–Crippen LogP) is 8.62. The standard InChI is InChI=1S/2C14H26O3.C5H8O2.Al/c2*1-3-4-5-6-7-8-9-10-11-17-14(16)12-13(2)15;1-4(6)3-5(2)7;/h2*12,15H,3-11H2,1-2H3;3,6H,1-2H3;/q;;;+3. The average Bonchev–Trinajstić information content (AvgIpc) is 2.90. The Morgan fingerprint density at radius 1 is 0.476 bits per heavy atom. The number of hydrogen-bond acceptors (Lipinski definition) is 5. The molecule has 0 saturated heterocycles. The van der Waals surface area contributed by atoms with E-state index in [0.29, 0.717) is 30.5 Å². The van der Waals surface area contributed by atoms with E-state index in [0.717, 1.165) is 25.7 Å². The maximum absolute atomic E-state index is 10.2. The monoisotopic (exact) mass is 611 g/mol. The van der Waals surface area contributed by atoms with E-state index in [1.807, 2.05) is 0 Å². The molecular weight excluding hydrogens is 551 g/mol. The lowest BCUT2D eigenvalue weighted by Gasteiger charge is -2.16. The molecule has 0 aromatic rings. The molecule has 0 saturated carbocycles. The molecule has 0 amide bonds. The van der Waals surface area contributed by atoms with Crippen LogP contribution in [0.5, 0.6) is 0 Å². The van der Waals surface area contributed by atoms with Gasteiger partial charge in [0, 0.05) is 12.8 Å². The molecule has 3 N–H and O–H groups in total. The van der Waals surface area contributed by atoms with Gasteiger partial charge in [0.2, 0.25) is 0 Å². The van der Waals surface area contributed by atoms with Gasteiger partial charge >= 0.3 is 32.9 Å². The normalized spacial score (nSPS) is 12.1. The number of unbranched alkanes of at least 4 members (excludes halogenated alkanes) is 14. The molecule has 240 valence electrons. The van der Waals surface area contributed by atoms with Crippen LogP contribution in [0.3, 0.4) is 0 Å². The van der Waals surface area contributed by atoms with E-state index < -0.39 is 15.1 Å². The average molecular weight is 612 g/mol. The van der Waals surface area contributed by atoms with E-state index in [4.69, 9.17) is 20.8 Å². The van der Waals surface area contributed by atoms with Gasteiger partial charge in [0.1, 0.15) is 12.2 Å². The molecule has 0 bridgehead atoms. The largest absolute Gasteiger partial charge is 1.20 e. The van der Waals surface area contributed by atoms with Crippen LogP contribution in [0.15, 0.2) is 35.5 Å². The molecule has 0 unspecified atom stereocenters. The van der Waals surface area contributed by atoms with Gasteiger partial charge in [0.05, 0.1) is 30.3 Å². The molecule has 0 fully saturated rings. The first-order valence-corrected chi connectivity index (χ1v) is 17.5. The summed E-state index contributed by atoms with van der Waals surface area (Å²) >= 11 is -2.88. The van der Waals surface area contributed by atoms with Crippen LogP contribution in [0.2, 0.25) is 0 Å². The maximum atomic E-state index is 10.2. The van der Waals surface area contributed by atoms with Crippen molar-refractivity contribution in [3.63, 3.8) is 0 Å². The van der Waals surface area contributed by atoms with Gasteiger partial charge < -0.3 is 30.4 Å². The van der Waals surface area contributed by atoms with Crippen LogP contribution in [0.25, 0.3) is 0 Å². The minimum absolute atomic E-state index is 0.0838. The molecule has 0 radical (unpaired) electrons. The Bertz CT molecular complexity index is 782.